The van der Waals surface area contributed by atoms with Crippen molar-refractivity contribution in [2.75, 3.05) is 19.9 Å². The number of halogens is 1. The number of anilines is 1. The van der Waals surface area contributed by atoms with Crippen molar-refractivity contribution in [3.63, 3.8) is 0 Å². The second kappa shape index (κ2) is 6.09. The molecule has 0 aromatic heterocycles. The lowest BCUT2D eigenvalue weighted by Gasteiger charge is -2.61. The van der Waals surface area contributed by atoms with Gasteiger partial charge in [0.2, 0.25) is 0 Å². The maximum absolute atomic E-state index is 12.8. The quantitative estimate of drug-likeness (QED) is 0.867. The smallest absolute Gasteiger partial charge is 0.254 e. The minimum Gasteiger partial charge on any atom is -0.399 e. The van der Waals surface area contributed by atoms with Gasteiger partial charge in [-0.3, -0.25) is 4.79 Å². The molecule has 0 spiro atoms. The third-order valence-corrected chi connectivity index (χ3v) is 5.51. The van der Waals surface area contributed by atoms with Crippen molar-refractivity contribution in [1.82, 2.24) is 4.90 Å². The molecule has 0 radical (unpaired) electrons. The van der Waals surface area contributed by atoms with Crippen LogP contribution in [0.3, 0.4) is 0 Å². The second-order valence-corrected chi connectivity index (χ2v) is 6.87. The number of hydrogen-bond acceptors (Lipinski definition) is 3. The lowest BCUT2D eigenvalue weighted by atomic mass is 9.55. The number of carbonyl (C=O) groups is 1. The molecular weight excluding hydrogens is 300 g/mol. The Morgan fingerprint density at radius 3 is 2.45 bits per heavy atom. The molecule has 2 N–H and O–H groups in total. The van der Waals surface area contributed by atoms with Crippen molar-refractivity contribution in [2.45, 2.75) is 45.8 Å². The van der Waals surface area contributed by atoms with E-state index < -0.39 is 0 Å². The highest BCUT2D eigenvalue weighted by Crippen LogP contribution is 2.53. The van der Waals surface area contributed by atoms with Crippen LogP contribution < -0.4 is 5.73 Å². The van der Waals surface area contributed by atoms with Gasteiger partial charge in [-0.25, -0.2) is 0 Å². The third-order valence-electron chi connectivity index (χ3n) is 5.51. The van der Waals surface area contributed by atoms with Crippen LogP contribution in [-0.2, 0) is 4.74 Å². The highest BCUT2D eigenvalue weighted by atomic mass is 35.5. The van der Waals surface area contributed by atoms with E-state index in [1.54, 1.807) is 13.2 Å². The zero-order chi connectivity index (χ0) is 16.0. The number of nitrogen functional groups attached to an aromatic ring is 1. The Balaban J connectivity index is 0.00000242. The molecule has 1 aliphatic rings. The number of hydrogen-bond donors (Lipinski definition) is 1. The first-order chi connectivity index (χ1) is 9.64. The molecule has 124 valence electrons. The van der Waals surface area contributed by atoms with Gasteiger partial charge in [0.15, 0.2) is 0 Å². The van der Waals surface area contributed by atoms with Crippen molar-refractivity contribution in [3.05, 3.63) is 29.3 Å². The zero-order valence-corrected chi connectivity index (χ0v) is 15.1. The van der Waals surface area contributed by atoms with Gasteiger partial charge < -0.3 is 15.4 Å². The number of amides is 1. The fourth-order valence-electron chi connectivity index (χ4n) is 3.28. The van der Waals surface area contributed by atoms with Gasteiger partial charge in [-0.15, -0.1) is 12.4 Å². The Bertz CT molecular complexity index is 574. The number of carbonyl (C=O) groups excluding carboxylic acids is 1. The van der Waals surface area contributed by atoms with E-state index in [0.29, 0.717) is 11.3 Å². The number of benzene rings is 1. The summed E-state index contributed by atoms with van der Waals surface area (Å²) in [5.74, 6) is 0.0241. The van der Waals surface area contributed by atoms with Crippen LogP contribution in [0.2, 0.25) is 0 Å². The van der Waals surface area contributed by atoms with Crippen molar-refractivity contribution in [2.24, 2.45) is 5.41 Å². The Hall–Kier alpha value is -1.26. The molecule has 1 fully saturated rings. The molecule has 0 aliphatic heterocycles. The molecule has 0 bridgehead atoms. The SMILES string of the molecule is COC1(C)CC(N(C)C(=O)c2cc(N)ccc2C)C1(C)C.Cl. The van der Waals surface area contributed by atoms with Crippen LogP contribution in [0, 0.1) is 12.3 Å². The zero-order valence-electron chi connectivity index (χ0n) is 14.3. The molecular formula is C17H27ClN2O2. The third kappa shape index (κ3) is 2.70. The van der Waals surface area contributed by atoms with Gasteiger partial charge in [0.25, 0.3) is 5.91 Å². The molecule has 4 nitrogen and oxygen atoms in total. The molecule has 22 heavy (non-hydrogen) atoms. The van der Waals surface area contributed by atoms with Gasteiger partial charge in [-0.1, -0.05) is 19.9 Å². The highest BCUT2D eigenvalue weighted by Gasteiger charge is 2.59. The maximum atomic E-state index is 12.8. The van der Waals surface area contributed by atoms with Crippen LogP contribution in [-0.4, -0.2) is 36.6 Å². The average molecular weight is 327 g/mol. The molecule has 5 heteroatoms. The van der Waals surface area contributed by atoms with E-state index in [4.69, 9.17) is 10.5 Å². The number of ether oxygens (including phenoxy) is 1. The van der Waals surface area contributed by atoms with E-state index in [9.17, 15) is 4.79 Å². The van der Waals surface area contributed by atoms with Gasteiger partial charge in [0.05, 0.1) is 5.60 Å². The number of aryl methyl sites for hydroxylation is 1. The van der Waals surface area contributed by atoms with Crippen molar-refractivity contribution in [3.8, 4) is 0 Å². The fourth-order valence-corrected chi connectivity index (χ4v) is 3.28. The van der Waals surface area contributed by atoms with Gasteiger partial charge in [0.1, 0.15) is 0 Å². The van der Waals surface area contributed by atoms with E-state index in [2.05, 4.69) is 20.8 Å². The van der Waals surface area contributed by atoms with Crippen LogP contribution in [0.5, 0.6) is 0 Å². The van der Waals surface area contributed by atoms with E-state index in [1.165, 1.54) is 0 Å². The van der Waals surface area contributed by atoms with E-state index in [-0.39, 0.29) is 35.4 Å². The van der Waals surface area contributed by atoms with Crippen LogP contribution in [0.4, 0.5) is 5.69 Å². The summed E-state index contributed by atoms with van der Waals surface area (Å²) >= 11 is 0. The molecule has 1 amide bonds. The molecule has 2 rings (SSSR count). The molecule has 0 saturated heterocycles. The van der Waals surface area contributed by atoms with Gasteiger partial charge >= 0.3 is 0 Å². The second-order valence-electron chi connectivity index (χ2n) is 6.87. The number of nitrogens with two attached hydrogens (primary N) is 1. The minimum absolute atomic E-state index is 0. The average Bonchev–Trinajstić information content (AvgIpc) is 2.45. The van der Waals surface area contributed by atoms with Crippen molar-refractivity contribution in [1.29, 1.82) is 0 Å². The summed E-state index contributed by atoms with van der Waals surface area (Å²) in [6.07, 6.45) is 0.847. The van der Waals surface area contributed by atoms with Crippen molar-refractivity contribution >= 4 is 24.0 Å². The van der Waals surface area contributed by atoms with E-state index in [1.807, 2.05) is 31.0 Å². The van der Waals surface area contributed by atoms with Gasteiger partial charge in [-0.2, -0.15) is 0 Å². The Morgan fingerprint density at radius 1 is 1.36 bits per heavy atom. The van der Waals surface area contributed by atoms with E-state index >= 15 is 0 Å². The standard InChI is InChI=1S/C17H26N2O2.ClH/c1-11-7-8-12(18)9-13(11)15(20)19(5)14-10-17(4,21-6)16(14,2)3;/h7-9,14H,10,18H2,1-6H3;1H. The lowest BCUT2D eigenvalue weighted by molar-refractivity contribution is -0.198. The summed E-state index contributed by atoms with van der Waals surface area (Å²) in [4.78, 5) is 14.6. The molecule has 0 heterocycles. The monoisotopic (exact) mass is 326 g/mol. The van der Waals surface area contributed by atoms with Crippen LogP contribution in [0.25, 0.3) is 0 Å². The Kier molecular flexibility index (Phi) is 5.20. The molecule has 1 saturated carbocycles. The lowest BCUT2D eigenvalue weighted by Crippen LogP contribution is -2.68. The molecule has 2 unspecified atom stereocenters. The summed E-state index contributed by atoms with van der Waals surface area (Å²) in [6.45, 7) is 8.35. The Morgan fingerprint density at radius 2 is 1.95 bits per heavy atom. The first-order valence-electron chi connectivity index (χ1n) is 7.32. The summed E-state index contributed by atoms with van der Waals surface area (Å²) in [6, 6.07) is 5.63. The van der Waals surface area contributed by atoms with Gasteiger partial charge in [-0.05, 0) is 38.0 Å². The number of nitrogens with zero attached hydrogens (tertiary/aromatic N) is 1. The topological polar surface area (TPSA) is 55.6 Å². The summed E-state index contributed by atoms with van der Waals surface area (Å²) in [5, 5.41) is 0. The summed E-state index contributed by atoms with van der Waals surface area (Å²) in [7, 11) is 3.61. The summed E-state index contributed by atoms with van der Waals surface area (Å²) < 4.78 is 5.64. The van der Waals surface area contributed by atoms with Crippen LogP contribution >= 0.6 is 12.4 Å². The molecule has 2 atom stereocenters. The first kappa shape index (κ1) is 18.8. The van der Waals surface area contributed by atoms with Crippen LogP contribution in [0.1, 0.15) is 43.1 Å². The minimum atomic E-state index is -0.184. The normalized spacial score (nSPS) is 25.8. The van der Waals surface area contributed by atoms with E-state index in [0.717, 1.165) is 12.0 Å². The first-order valence-corrected chi connectivity index (χ1v) is 7.32. The van der Waals surface area contributed by atoms with Gasteiger partial charge in [0, 0.05) is 36.9 Å². The predicted octanol–water partition coefficient (Wildman–Crippen LogP) is 3.27. The predicted molar refractivity (Wildman–Crippen MR) is 92.5 cm³/mol. The highest BCUT2D eigenvalue weighted by molar-refractivity contribution is 5.96. The number of methoxy groups -OCH3 is 1. The van der Waals surface area contributed by atoms with Crippen LogP contribution in [0.15, 0.2) is 18.2 Å². The largest absolute Gasteiger partial charge is 0.399 e. The number of rotatable bonds is 3. The van der Waals surface area contributed by atoms with Crippen molar-refractivity contribution < 1.29 is 9.53 Å². The summed E-state index contributed by atoms with van der Waals surface area (Å²) in [5.41, 5.74) is 7.80. The molecule has 1 aliphatic carbocycles. The molecule has 1 aromatic rings. The fraction of sp³-hybridized carbons (Fsp3) is 0.588. The molecule has 1 aromatic carbocycles. The maximum Gasteiger partial charge on any atom is 0.254 e. The Labute approximate surface area is 139 Å².